The SMILES string of the molecule is CCCCOC(=O)N1CCCC(O)(c2ccccc2Br)C1. The van der Waals surface area contributed by atoms with Crippen LogP contribution in [0.15, 0.2) is 28.7 Å². The molecule has 116 valence electrons. The Hall–Kier alpha value is -1.07. The summed E-state index contributed by atoms with van der Waals surface area (Å²) in [7, 11) is 0. The van der Waals surface area contributed by atoms with Crippen molar-refractivity contribution in [3.63, 3.8) is 0 Å². The van der Waals surface area contributed by atoms with E-state index in [4.69, 9.17) is 4.74 Å². The van der Waals surface area contributed by atoms with Crippen molar-refractivity contribution in [2.45, 2.75) is 38.2 Å². The number of nitrogens with zero attached hydrogens (tertiary/aromatic N) is 1. The minimum absolute atomic E-state index is 0.278. The summed E-state index contributed by atoms with van der Waals surface area (Å²) in [5, 5.41) is 10.9. The number of carbonyl (C=O) groups is 1. The molecule has 1 aromatic carbocycles. The lowest BCUT2D eigenvalue weighted by atomic mass is 9.86. The molecule has 1 amide bonds. The number of ether oxygens (including phenoxy) is 1. The minimum atomic E-state index is -1.01. The van der Waals surface area contributed by atoms with E-state index in [0.717, 1.165) is 29.3 Å². The molecule has 1 atom stereocenters. The van der Waals surface area contributed by atoms with Gasteiger partial charge in [-0.3, -0.25) is 0 Å². The van der Waals surface area contributed by atoms with Gasteiger partial charge >= 0.3 is 6.09 Å². The Labute approximate surface area is 134 Å². The lowest BCUT2D eigenvalue weighted by Gasteiger charge is -2.39. The first kappa shape index (κ1) is 16.3. The monoisotopic (exact) mass is 355 g/mol. The van der Waals surface area contributed by atoms with Crippen LogP contribution < -0.4 is 0 Å². The zero-order chi connectivity index (χ0) is 15.3. The van der Waals surface area contributed by atoms with E-state index in [1.165, 1.54) is 0 Å². The van der Waals surface area contributed by atoms with Gasteiger partial charge in [-0.25, -0.2) is 4.79 Å². The third kappa shape index (κ3) is 3.98. The highest BCUT2D eigenvalue weighted by Crippen LogP contribution is 2.35. The second-order valence-corrected chi connectivity index (χ2v) is 6.36. The molecule has 1 aliphatic heterocycles. The lowest BCUT2D eigenvalue weighted by molar-refractivity contribution is -0.0345. The van der Waals surface area contributed by atoms with Crippen LogP contribution in [-0.2, 0) is 10.3 Å². The summed E-state index contributed by atoms with van der Waals surface area (Å²) in [4.78, 5) is 13.7. The second-order valence-electron chi connectivity index (χ2n) is 5.50. The van der Waals surface area contributed by atoms with Crippen LogP contribution in [0.3, 0.4) is 0 Å². The quantitative estimate of drug-likeness (QED) is 0.838. The van der Waals surface area contributed by atoms with Crippen LogP contribution in [0.4, 0.5) is 4.79 Å². The first-order valence-corrected chi connectivity index (χ1v) is 8.25. The van der Waals surface area contributed by atoms with E-state index in [-0.39, 0.29) is 12.6 Å². The Morgan fingerprint density at radius 2 is 2.24 bits per heavy atom. The van der Waals surface area contributed by atoms with Gasteiger partial charge in [-0.15, -0.1) is 0 Å². The normalized spacial score (nSPS) is 22.1. The van der Waals surface area contributed by atoms with Crippen molar-refractivity contribution in [3.8, 4) is 0 Å². The van der Waals surface area contributed by atoms with Gasteiger partial charge in [0, 0.05) is 11.0 Å². The predicted molar refractivity (Wildman–Crippen MR) is 85.1 cm³/mol. The van der Waals surface area contributed by atoms with Crippen molar-refractivity contribution in [1.29, 1.82) is 0 Å². The number of β-amino-alcohol motifs (C(OH)–C–C–N with tert-alkyl or cyclic N) is 1. The van der Waals surface area contributed by atoms with Crippen molar-refractivity contribution < 1.29 is 14.6 Å². The highest BCUT2D eigenvalue weighted by atomic mass is 79.9. The Morgan fingerprint density at radius 3 is 2.95 bits per heavy atom. The molecule has 0 aromatic heterocycles. The third-order valence-electron chi connectivity index (χ3n) is 3.83. The first-order valence-electron chi connectivity index (χ1n) is 7.46. The van der Waals surface area contributed by atoms with E-state index in [2.05, 4.69) is 22.9 Å². The number of hydrogen-bond donors (Lipinski definition) is 1. The van der Waals surface area contributed by atoms with Gasteiger partial charge in [-0.05, 0) is 30.9 Å². The highest BCUT2D eigenvalue weighted by molar-refractivity contribution is 9.10. The van der Waals surface area contributed by atoms with E-state index in [9.17, 15) is 9.90 Å². The number of carbonyl (C=O) groups excluding carboxylic acids is 1. The maximum atomic E-state index is 12.1. The third-order valence-corrected chi connectivity index (χ3v) is 4.52. The molecule has 1 N–H and O–H groups in total. The molecule has 0 bridgehead atoms. The number of benzene rings is 1. The molecule has 4 nitrogen and oxygen atoms in total. The van der Waals surface area contributed by atoms with E-state index in [1.807, 2.05) is 24.3 Å². The van der Waals surface area contributed by atoms with Crippen molar-refractivity contribution in [1.82, 2.24) is 4.90 Å². The summed E-state index contributed by atoms with van der Waals surface area (Å²) in [5.41, 5.74) is -0.182. The van der Waals surface area contributed by atoms with E-state index >= 15 is 0 Å². The summed E-state index contributed by atoms with van der Waals surface area (Å²) in [5.74, 6) is 0. The van der Waals surface area contributed by atoms with Gasteiger partial charge in [0.2, 0.25) is 0 Å². The average Bonchev–Trinajstić information content (AvgIpc) is 2.47. The van der Waals surface area contributed by atoms with E-state index < -0.39 is 5.60 Å². The summed E-state index contributed by atoms with van der Waals surface area (Å²) in [6, 6.07) is 7.62. The molecule has 1 saturated heterocycles. The minimum Gasteiger partial charge on any atom is -0.449 e. The number of aliphatic hydroxyl groups is 1. The molecule has 1 aromatic rings. The molecule has 1 unspecified atom stereocenters. The topological polar surface area (TPSA) is 49.8 Å². The van der Waals surface area contributed by atoms with E-state index in [1.54, 1.807) is 4.90 Å². The van der Waals surface area contributed by atoms with Crippen LogP contribution in [0, 0.1) is 0 Å². The van der Waals surface area contributed by atoms with Crippen LogP contribution in [0.2, 0.25) is 0 Å². The molecule has 0 spiro atoms. The molecular weight excluding hydrogens is 334 g/mol. The van der Waals surface area contributed by atoms with Crippen LogP contribution in [-0.4, -0.2) is 35.8 Å². The van der Waals surface area contributed by atoms with Crippen LogP contribution in [0.25, 0.3) is 0 Å². The summed E-state index contributed by atoms with van der Waals surface area (Å²) in [6.45, 7) is 3.41. The molecule has 5 heteroatoms. The van der Waals surface area contributed by atoms with Crippen LogP contribution in [0.1, 0.15) is 38.2 Å². The van der Waals surface area contributed by atoms with Crippen molar-refractivity contribution in [2.75, 3.05) is 19.7 Å². The van der Waals surface area contributed by atoms with Crippen molar-refractivity contribution >= 4 is 22.0 Å². The van der Waals surface area contributed by atoms with Gasteiger partial charge in [0.1, 0.15) is 5.60 Å². The summed E-state index contributed by atoms with van der Waals surface area (Å²) < 4.78 is 6.11. The second kappa shape index (κ2) is 7.27. The summed E-state index contributed by atoms with van der Waals surface area (Å²) >= 11 is 3.48. The Balaban J connectivity index is 2.06. The molecule has 0 saturated carbocycles. The molecule has 21 heavy (non-hydrogen) atoms. The fraction of sp³-hybridized carbons (Fsp3) is 0.562. The highest BCUT2D eigenvalue weighted by Gasteiger charge is 2.38. The van der Waals surface area contributed by atoms with Gasteiger partial charge < -0.3 is 14.7 Å². The standard InChI is InChI=1S/C16H22BrNO3/c1-2-3-11-21-15(19)18-10-6-9-16(20,12-18)13-7-4-5-8-14(13)17/h4-5,7-8,20H,2-3,6,9-12H2,1H3. The maximum Gasteiger partial charge on any atom is 0.409 e. The van der Waals surface area contributed by atoms with Crippen LogP contribution >= 0.6 is 15.9 Å². The number of piperidine rings is 1. The molecule has 2 rings (SSSR count). The Morgan fingerprint density at radius 1 is 1.48 bits per heavy atom. The number of likely N-dealkylation sites (tertiary alicyclic amines) is 1. The van der Waals surface area contributed by atoms with Gasteiger partial charge in [-0.1, -0.05) is 47.5 Å². The van der Waals surface area contributed by atoms with Crippen LogP contribution in [0.5, 0.6) is 0 Å². The number of unbranched alkanes of at least 4 members (excludes halogenated alkanes) is 1. The zero-order valence-electron chi connectivity index (χ0n) is 12.3. The smallest absolute Gasteiger partial charge is 0.409 e. The molecule has 1 aliphatic rings. The van der Waals surface area contributed by atoms with Gasteiger partial charge in [0.05, 0.1) is 13.2 Å². The maximum absolute atomic E-state index is 12.1. The lowest BCUT2D eigenvalue weighted by Crippen LogP contribution is -2.48. The number of amides is 1. The fourth-order valence-electron chi connectivity index (χ4n) is 2.65. The number of halogens is 1. The molecule has 0 radical (unpaired) electrons. The predicted octanol–water partition coefficient (Wildman–Crippen LogP) is 3.67. The molecule has 1 heterocycles. The van der Waals surface area contributed by atoms with Crippen molar-refractivity contribution in [2.24, 2.45) is 0 Å². The van der Waals surface area contributed by atoms with E-state index in [0.29, 0.717) is 19.6 Å². The van der Waals surface area contributed by atoms with Gasteiger partial charge in [0.15, 0.2) is 0 Å². The molecular formula is C16H22BrNO3. The fourth-order valence-corrected chi connectivity index (χ4v) is 3.30. The largest absolute Gasteiger partial charge is 0.449 e. The van der Waals surface area contributed by atoms with Crippen molar-refractivity contribution in [3.05, 3.63) is 34.3 Å². The number of hydrogen-bond acceptors (Lipinski definition) is 3. The molecule has 1 fully saturated rings. The van der Waals surface area contributed by atoms with Gasteiger partial charge in [-0.2, -0.15) is 0 Å². The first-order chi connectivity index (χ1) is 10.1. The average molecular weight is 356 g/mol. The Kier molecular flexibility index (Phi) is 5.65. The summed E-state index contributed by atoms with van der Waals surface area (Å²) in [6.07, 6.45) is 2.95. The van der Waals surface area contributed by atoms with Gasteiger partial charge in [0.25, 0.3) is 0 Å². The Bertz CT molecular complexity index is 494. The molecule has 0 aliphatic carbocycles. The zero-order valence-corrected chi connectivity index (χ0v) is 13.9. The number of rotatable bonds is 4.